The van der Waals surface area contributed by atoms with Gasteiger partial charge >= 0.3 is 0 Å². The number of rotatable bonds is 7. The summed E-state index contributed by atoms with van der Waals surface area (Å²) in [6, 6.07) is 16.8. The van der Waals surface area contributed by atoms with Crippen molar-refractivity contribution < 1.29 is 9.47 Å². The fourth-order valence-electron chi connectivity index (χ4n) is 3.59. The molecule has 0 bridgehead atoms. The van der Waals surface area contributed by atoms with E-state index >= 15 is 0 Å². The maximum Gasteiger partial charge on any atom is 0.193 e. The molecule has 1 aliphatic heterocycles. The van der Waals surface area contributed by atoms with Crippen LogP contribution in [0, 0.1) is 0 Å². The highest BCUT2D eigenvalue weighted by Crippen LogP contribution is 2.18. The highest BCUT2D eigenvalue weighted by molar-refractivity contribution is 5.79. The molecule has 1 N–H and O–H groups in total. The molecular weight excluding hydrogens is 364 g/mol. The molecule has 0 amide bonds. The number of hydrogen-bond acceptors (Lipinski definition) is 4. The van der Waals surface area contributed by atoms with Crippen LogP contribution in [-0.4, -0.2) is 63.3 Å². The van der Waals surface area contributed by atoms with Crippen molar-refractivity contribution in [3.8, 4) is 5.75 Å². The van der Waals surface area contributed by atoms with Crippen molar-refractivity contribution in [2.24, 2.45) is 4.99 Å². The number of nitrogens with one attached hydrogen (secondary N) is 1. The van der Waals surface area contributed by atoms with E-state index in [9.17, 15) is 0 Å². The van der Waals surface area contributed by atoms with Crippen LogP contribution in [0.15, 0.2) is 53.5 Å². The summed E-state index contributed by atoms with van der Waals surface area (Å²) in [6.07, 6.45) is 0. The molecule has 29 heavy (non-hydrogen) atoms. The molecule has 0 aromatic heterocycles. The summed E-state index contributed by atoms with van der Waals surface area (Å²) < 4.78 is 10.9. The molecule has 1 fully saturated rings. The van der Waals surface area contributed by atoms with Gasteiger partial charge in [-0.2, -0.15) is 0 Å². The largest absolute Gasteiger partial charge is 0.496 e. The Morgan fingerprint density at radius 1 is 1.14 bits per heavy atom. The van der Waals surface area contributed by atoms with Gasteiger partial charge in [0.2, 0.25) is 0 Å². The Bertz CT molecular complexity index is 803. The summed E-state index contributed by atoms with van der Waals surface area (Å²) in [5.41, 5.74) is 3.72. The van der Waals surface area contributed by atoms with Gasteiger partial charge in [-0.3, -0.25) is 9.89 Å². The van der Waals surface area contributed by atoms with E-state index in [1.807, 2.05) is 32.3 Å². The van der Waals surface area contributed by atoms with Crippen LogP contribution in [0.2, 0.25) is 0 Å². The van der Waals surface area contributed by atoms with Crippen LogP contribution in [0.4, 0.5) is 0 Å². The minimum Gasteiger partial charge on any atom is -0.496 e. The van der Waals surface area contributed by atoms with Crippen LogP contribution in [0.5, 0.6) is 5.75 Å². The van der Waals surface area contributed by atoms with Gasteiger partial charge in [0.25, 0.3) is 0 Å². The Labute approximate surface area is 174 Å². The van der Waals surface area contributed by atoms with Crippen molar-refractivity contribution in [1.29, 1.82) is 0 Å². The van der Waals surface area contributed by atoms with E-state index < -0.39 is 0 Å². The second kappa shape index (κ2) is 10.8. The Kier molecular flexibility index (Phi) is 7.90. The van der Waals surface area contributed by atoms with Crippen molar-refractivity contribution in [1.82, 2.24) is 15.1 Å². The quantitative estimate of drug-likeness (QED) is 0.576. The molecule has 1 aliphatic rings. The number of methoxy groups -OCH3 is 1. The summed E-state index contributed by atoms with van der Waals surface area (Å²) in [5.74, 6) is 1.75. The molecule has 0 atom stereocenters. The van der Waals surface area contributed by atoms with Crippen LogP contribution < -0.4 is 10.1 Å². The van der Waals surface area contributed by atoms with Gasteiger partial charge in [0.05, 0.1) is 20.3 Å². The predicted octanol–water partition coefficient (Wildman–Crippen LogP) is 2.73. The van der Waals surface area contributed by atoms with E-state index in [4.69, 9.17) is 9.47 Å². The lowest BCUT2D eigenvalue weighted by Crippen LogP contribution is -2.38. The third-order valence-electron chi connectivity index (χ3n) is 5.13. The number of guanidine groups is 1. The molecule has 0 aliphatic carbocycles. The van der Waals surface area contributed by atoms with Crippen LogP contribution >= 0.6 is 0 Å². The molecule has 1 saturated heterocycles. The lowest BCUT2D eigenvalue weighted by Gasteiger charge is -2.26. The van der Waals surface area contributed by atoms with Gasteiger partial charge < -0.3 is 19.7 Å². The van der Waals surface area contributed by atoms with Gasteiger partial charge in [0.1, 0.15) is 5.75 Å². The molecule has 2 aromatic rings. The van der Waals surface area contributed by atoms with Crippen molar-refractivity contribution in [3.63, 3.8) is 0 Å². The van der Waals surface area contributed by atoms with Gasteiger partial charge in [-0.15, -0.1) is 0 Å². The first-order chi connectivity index (χ1) is 14.2. The smallest absolute Gasteiger partial charge is 0.193 e. The average Bonchev–Trinajstić information content (AvgIpc) is 2.75. The molecule has 0 spiro atoms. The number of hydrogen-bond donors (Lipinski definition) is 1. The third kappa shape index (κ3) is 6.21. The first-order valence-corrected chi connectivity index (χ1v) is 10.1. The van der Waals surface area contributed by atoms with Crippen LogP contribution in [0.3, 0.4) is 0 Å². The van der Waals surface area contributed by atoms with Gasteiger partial charge in [-0.05, 0) is 17.2 Å². The zero-order chi connectivity index (χ0) is 20.5. The van der Waals surface area contributed by atoms with E-state index in [1.54, 1.807) is 7.11 Å². The van der Waals surface area contributed by atoms with Gasteiger partial charge in [-0.25, -0.2) is 0 Å². The summed E-state index contributed by atoms with van der Waals surface area (Å²) >= 11 is 0. The Morgan fingerprint density at radius 3 is 2.66 bits per heavy atom. The fraction of sp³-hybridized carbons (Fsp3) is 0.435. The Balaban J connectivity index is 1.56. The predicted molar refractivity (Wildman–Crippen MR) is 117 cm³/mol. The molecule has 0 radical (unpaired) electrons. The second-order valence-electron chi connectivity index (χ2n) is 7.28. The zero-order valence-electron chi connectivity index (χ0n) is 17.7. The van der Waals surface area contributed by atoms with Crippen LogP contribution in [0.1, 0.15) is 16.7 Å². The van der Waals surface area contributed by atoms with E-state index in [2.05, 4.69) is 50.4 Å². The maximum absolute atomic E-state index is 5.47. The lowest BCUT2D eigenvalue weighted by molar-refractivity contribution is 0.0342. The molecule has 2 aromatic carbocycles. The van der Waals surface area contributed by atoms with E-state index in [0.717, 1.165) is 63.2 Å². The van der Waals surface area contributed by atoms with Crippen molar-refractivity contribution in [2.45, 2.75) is 19.6 Å². The van der Waals surface area contributed by atoms with E-state index in [-0.39, 0.29) is 0 Å². The molecule has 156 valence electrons. The maximum atomic E-state index is 5.47. The first-order valence-electron chi connectivity index (χ1n) is 10.1. The number of morpholine rings is 1. The topological polar surface area (TPSA) is 49.3 Å². The summed E-state index contributed by atoms with van der Waals surface area (Å²) in [6.45, 7) is 6.10. The average molecular weight is 397 g/mol. The van der Waals surface area contributed by atoms with Gasteiger partial charge in [0, 0.05) is 52.4 Å². The van der Waals surface area contributed by atoms with Crippen molar-refractivity contribution >= 4 is 5.96 Å². The minimum absolute atomic E-state index is 0.723. The SMILES string of the molecule is CN=C(NCc1cccc(CN2CCOCC2)c1)N(C)Cc1ccccc1OC. The monoisotopic (exact) mass is 396 g/mol. The molecule has 6 heteroatoms. The molecule has 6 nitrogen and oxygen atoms in total. The summed E-state index contributed by atoms with van der Waals surface area (Å²) in [4.78, 5) is 8.99. The number of nitrogens with zero attached hydrogens (tertiary/aromatic N) is 3. The molecule has 0 unspecified atom stereocenters. The summed E-state index contributed by atoms with van der Waals surface area (Å²) in [7, 11) is 5.56. The van der Waals surface area contributed by atoms with Gasteiger partial charge in [0.15, 0.2) is 5.96 Å². The Hall–Kier alpha value is -2.57. The first kappa shape index (κ1) is 21.1. The summed E-state index contributed by atoms with van der Waals surface area (Å²) in [5, 5.41) is 3.48. The van der Waals surface area contributed by atoms with Crippen LogP contribution in [-0.2, 0) is 24.4 Å². The second-order valence-corrected chi connectivity index (χ2v) is 7.28. The van der Waals surface area contributed by atoms with Crippen molar-refractivity contribution in [3.05, 3.63) is 65.2 Å². The number of para-hydroxylation sites is 1. The number of benzene rings is 2. The molecular formula is C23H32N4O2. The fourth-order valence-corrected chi connectivity index (χ4v) is 3.59. The zero-order valence-corrected chi connectivity index (χ0v) is 17.7. The highest BCUT2D eigenvalue weighted by Gasteiger charge is 2.12. The van der Waals surface area contributed by atoms with E-state index in [1.165, 1.54) is 11.1 Å². The highest BCUT2D eigenvalue weighted by atomic mass is 16.5. The number of ether oxygens (including phenoxy) is 2. The standard InChI is InChI=1S/C23H32N4O2/c1-24-23(26(2)18-21-9-4-5-10-22(21)28-3)25-16-19-7-6-8-20(15-19)17-27-11-13-29-14-12-27/h4-10,15H,11-14,16-18H2,1-3H3,(H,24,25). The number of aliphatic imine (C=N–C) groups is 1. The normalized spacial score (nSPS) is 15.2. The van der Waals surface area contributed by atoms with Crippen molar-refractivity contribution in [2.75, 3.05) is 47.5 Å². The minimum atomic E-state index is 0.723. The molecule has 3 rings (SSSR count). The molecule has 0 saturated carbocycles. The van der Waals surface area contributed by atoms with E-state index in [0.29, 0.717) is 0 Å². The van der Waals surface area contributed by atoms with Gasteiger partial charge in [-0.1, -0.05) is 42.5 Å². The Morgan fingerprint density at radius 2 is 1.90 bits per heavy atom. The van der Waals surface area contributed by atoms with Crippen LogP contribution in [0.25, 0.3) is 0 Å². The lowest BCUT2D eigenvalue weighted by atomic mass is 10.1. The molecule has 1 heterocycles. The third-order valence-corrected chi connectivity index (χ3v) is 5.13.